The Kier molecular flexibility index (Phi) is 5.18. The van der Waals surface area contributed by atoms with Crippen molar-refractivity contribution >= 4 is 33.3 Å². The van der Waals surface area contributed by atoms with E-state index in [2.05, 4.69) is 36.5 Å². The third kappa shape index (κ3) is 4.39. The van der Waals surface area contributed by atoms with E-state index in [-0.39, 0.29) is 5.91 Å². The molecule has 6 heteroatoms. The summed E-state index contributed by atoms with van der Waals surface area (Å²) in [5.74, 6) is 0.469. The minimum atomic E-state index is -0.178. The van der Waals surface area contributed by atoms with Crippen molar-refractivity contribution in [2.75, 3.05) is 10.6 Å². The Hall–Kier alpha value is -2.73. The molecule has 3 rings (SSSR count). The highest BCUT2D eigenvalue weighted by Crippen LogP contribution is 2.17. The second kappa shape index (κ2) is 7.70. The predicted octanol–water partition coefficient (Wildman–Crippen LogP) is 4.10. The maximum absolute atomic E-state index is 12.4. The van der Waals surface area contributed by atoms with Gasteiger partial charge in [-0.3, -0.25) is 9.78 Å². The van der Waals surface area contributed by atoms with Crippen molar-refractivity contribution < 1.29 is 4.79 Å². The number of rotatable bonds is 5. The number of aromatic nitrogens is 2. The second-order valence-electron chi connectivity index (χ2n) is 5.10. The molecule has 0 aliphatic carbocycles. The molecular formula is C18H15BrN4O. The highest BCUT2D eigenvalue weighted by atomic mass is 79.9. The highest BCUT2D eigenvalue weighted by Gasteiger charge is 2.08. The first-order valence-electron chi connectivity index (χ1n) is 7.36. The van der Waals surface area contributed by atoms with Crippen LogP contribution in [0.2, 0.25) is 0 Å². The van der Waals surface area contributed by atoms with Gasteiger partial charge in [0.25, 0.3) is 5.91 Å². The Labute approximate surface area is 148 Å². The van der Waals surface area contributed by atoms with E-state index >= 15 is 0 Å². The van der Waals surface area contributed by atoms with Gasteiger partial charge < -0.3 is 10.6 Å². The zero-order valence-electron chi connectivity index (χ0n) is 12.7. The van der Waals surface area contributed by atoms with Crippen LogP contribution in [-0.2, 0) is 6.54 Å². The number of benzene rings is 1. The average molecular weight is 383 g/mol. The van der Waals surface area contributed by atoms with Gasteiger partial charge in [0.15, 0.2) is 0 Å². The van der Waals surface area contributed by atoms with Crippen molar-refractivity contribution in [3.63, 3.8) is 0 Å². The minimum absolute atomic E-state index is 0.178. The fraction of sp³-hybridized carbons (Fsp3) is 0.0556. The SMILES string of the molecule is O=C(Nc1cccc(Br)c1)c1ccnc(NCc2ccncc2)c1. The van der Waals surface area contributed by atoms with Gasteiger partial charge in [0.2, 0.25) is 0 Å². The van der Waals surface area contributed by atoms with Crippen LogP contribution in [0.15, 0.2) is 71.6 Å². The molecule has 0 spiro atoms. The first kappa shape index (κ1) is 16.1. The zero-order chi connectivity index (χ0) is 16.8. The molecule has 2 N–H and O–H groups in total. The van der Waals surface area contributed by atoms with Gasteiger partial charge in [-0.25, -0.2) is 4.98 Å². The Balaban J connectivity index is 1.67. The Morgan fingerprint density at radius 2 is 1.88 bits per heavy atom. The predicted molar refractivity (Wildman–Crippen MR) is 97.9 cm³/mol. The summed E-state index contributed by atoms with van der Waals surface area (Å²) in [6.45, 7) is 0.617. The van der Waals surface area contributed by atoms with E-state index in [0.717, 1.165) is 15.7 Å². The Bertz CT molecular complexity index is 839. The van der Waals surface area contributed by atoms with E-state index in [4.69, 9.17) is 0 Å². The topological polar surface area (TPSA) is 66.9 Å². The van der Waals surface area contributed by atoms with Crippen molar-refractivity contribution in [3.8, 4) is 0 Å². The van der Waals surface area contributed by atoms with Gasteiger partial charge in [0.05, 0.1) is 0 Å². The van der Waals surface area contributed by atoms with Crippen LogP contribution in [0.4, 0.5) is 11.5 Å². The van der Waals surface area contributed by atoms with Gasteiger partial charge in [-0.2, -0.15) is 0 Å². The van der Waals surface area contributed by atoms with Crippen LogP contribution in [0.25, 0.3) is 0 Å². The molecule has 0 aliphatic rings. The van der Waals surface area contributed by atoms with Crippen molar-refractivity contribution in [1.82, 2.24) is 9.97 Å². The van der Waals surface area contributed by atoms with Crippen LogP contribution in [-0.4, -0.2) is 15.9 Å². The number of nitrogens with one attached hydrogen (secondary N) is 2. The normalized spacial score (nSPS) is 10.2. The highest BCUT2D eigenvalue weighted by molar-refractivity contribution is 9.10. The van der Waals surface area contributed by atoms with Crippen LogP contribution in [0, 0.1) is 0 Å². The van der Waals surface area contributed by atoms with Gasteiger partial charge in [-0.05, 0) is 48.0 Å². The lowest BCUT2D eigenvalue weighted by Gasteiger charge is -2.08. The maximum atomic E-state index is 12.4. The van der Waals surface area contributed by atoms with Crippen molar-refractivity contribution in [2.24, 2.45) is 0 Å². The molecule has 5 nitrogen and oxygen atoms in total. The molecule has 120 valence electrons. The lowest BCUT2D eigenvalue weighted by molar-refractivity contribution is 0.102. The summed E-state index contributed by atoms with van der Waals surface area (Å²) in [7, 11) is 0. The molecule has 0 unspecified atom stereocenters. The molecule has 0 radical (unpaired) electrons. The molecule has 24 heavy (non-hydrogen) atoms. The number of pyridine rings is 2. The first-order chi connectivity index (χ1) is 11.7. The fourth-order valence-corrected chi connectivity index (χ4v) is 2.53. The number of halogens is 1. The quantitative estimate of drug-likeness (QED) is 0.696. The van der Waals surface area contributed by atoms with Crippen LogP contribution >= 0.6 is 15.9 Å². The molecule has 0 saturated heterocycles. The number of amides is 1. The fourth-order valence-electron chi connectivity index (χ4n) is 2.13. The lowest BCUT2D eigenvalue weighted by atomic mass is 10.2. The minimum Gasteiger partial charge on any atom is -0.366 e. The van der Waals surface area contributed by atoms with Gasteiger partial charge in [-0.1, -0.05) is 22.0 Å². The summed E-state index contributed by atoms with van der Waals surface area (Å²) in [6.07, 6.45) is 5.10. The molecular weight excluding hydrogens is 368 g/mol. The Morgan fingerprint density at radius 3 is 2.67 bits per heavy atom. The van der Waals surface area contributed by atoms with Gasteiger partial charge >= 0.3 is 0 Å². The number of hydrogen-bond acceptors (Lipinski definition) is 4. The standard InChI is InChI=1S/C18H15BrN4O/c19-15-2-1-3-16(11-15)23-18(24)14-6-9-21-17(10-14)22-12-13-4-7-20-8-5-13/h1-11H,12H2,(H,21,22)(H,23,24). The Morgan fingerprint density at radius 1 is 1.04 bits per heavy atom. The number of hydrogen-bond donors (Lipinski definition) is 2. The molecule has 3 aromatic rings. The molecule has 1 amide bonds. The summed E-state index contributed by atoms with van der Waals surface area (Å²) in [4.78, 5) is 20.6. The molecule has 1 aromatic carbocycles. The third-order valence-corrected chi connectivity index (χ3v) is 3.82. The largest absolute Gasteiger partial charge is 0.366 e. The number of anilines is 2. The van der Waals surface area contributed by atoms with Gasteiger partial charge in [0, 0.05) is 40.9 Å². The van der Waals surface area contributed by atoms with E-state index in [9.17, 15) is 4.79 Å². The monoisotopic (exact) mass is 382 g/mol. The van der Waals surface area contributed by atoms with Crippen LogP contribution in [0.5, 0.6) is 0 Å². The second-order valence-corrected chi connectivity index (χ2v) is 6.02. The molecule has 0 aliphatic heterocycles. The smallest absolute Gasteiger partial charge is 0.255 e. The van der Waals surface area contributed by atoms with Gasteiger partial charge in [0.1, 0.15) is 5.82 Å². The van der Waals surface area contributed by atoms with E-state index in [1.807, 2.05) is 36.4 Å². The summed E-state index contributed by atoms with van der Waals surface area (Å²) in [5.41, 5.74) is 2.37. The number of carbonyl (C=O) groups is 1. The molecule has 0 fully saturated rings. The lowest BCUT2D eigenvalue weighted by Crippen LogP contribution is -2.12. The zero-order valence-corrected chi connectivity index (χ0v) is 14.3. The summed E-state index contributed by atoms with van der Waals surface area (Å²) < 4.78 is 0.912. The average Bonchev–Trinajstić information content (AvgIpc) is 2.61. The van der Waals surface area contributed by atoms with Crippen molar-refractivity contribution in [2.45, 2.75) is 6.54 Å². The van der Waals surface area contributed by atoms with E-state index in [1.165, 1.54) is 0 Å². The molecule has 2 heterocycles. The maximum Gasteiger partial charge on any atom is 0.255 e. The van der Waals surface area contributed by atoms with Crippen LogP contribution < -0.4 is 10.6 Å². The van der Waals surface area contributed by atoms with E-state index in [1.54, 1.807) is 30.7 Å². The van der Waals surface area contributed by atoms with E-state index < -0.39 is 0 Å². The van der Waals surface area contributed by atoms with Crippen LogP contribution in [0.3, 0.4) is 0 Å². The summed E-state index contributed by atoms with van der Waals surface area (Å²) in [6, 6.07) is 14.7. The molecule has 0 bridgehead atoms. The third-order valence-electron chi connectivity index (χ3n) is 3.33. The summed E-state index contributed by atoms with van der Waals surface area (Å²) >= 11 is 3.39. The number of carbonyl (C=O) groups excluding carboxylic acids is 1. The van der Waals surface area contributed by atoms with Crippen LogP contribution in [0.1, 0.15) is 15.9 Å². The first-order valence-corrected chi connectivity index (χ1v) is 8.16. The van der Waals surface area contributed by atoms with Gasteiger partial charge in [-0.15, -0.1) is 0 Å². The van der Waals surface area contributed by atoms with E-state index in [0.29, 0.717) is 17.9 Å². The van der Waals surface area contributed by atoms with Crippen molar-refractivity contribution in [1.29, 1.82) is 0 Å². The molecule has 0 saturated carbocycles. The number of nitrogens with zero attached hydrogens (tertiary/aromatic N) is 2. The summed E-state index contributed by atoms with van der Waals surface area (Å²) in [5, 5.41) is 6.07. The van der Waals surface area contributed by atoms with Crippen molar-refractivity contribution in [3.05, 3.63) is 82.7 Å². The molecule has 2 aromatic heterocycles. The molecule has 0 atom stereocenters.